The Morgan fingerprint density at radius 1 is 1.23 bits per heavy atom. The van der Waals surface area contributed by atoms with Crippen LogP contribution in [0.25, 0.3) is 17.0 Å². The van der Waals surface area contributed by atoms with Gasteiger partial charge in [-0.1, -0.05) is 24.6 Å². The van der Waals surface area contributed by atoms with Gasteiger partial charge in [-0.05, 0) is 31.1 Å². The molecular weight excluding hydrogens is 328 g/mol. The average Bonchev–Trinajstić information content (AvgIpc) is 3.16. The maximum absolute atomic E-state index is 12.0. The second kappa shape index (κ2) is 7.56. The average molecular weight is 350 g/mol. The summed E-state index contributed by atoms with van der Waals surface area (Å²) in [7, 11) is 0. The van der Waals surface area contributed by atoms with Gasteiger partial charge in [0.1, 0.15) is 23.0 Å². The minimum Gasteiger partial charge on any atom is -0.457 e. The zero-order valence-electron chi connectivity index (χ0n) is 14.6. The van der Waals surface area contributed by atoms with Crippen molar-refractivity contribution in [3.63, 3.8) is 0 Å². The predicted molar refractivity (Wildman–Crippen MR) is 99.5 cm³/mol. The fourth-order valence-electron chi connectivity index (χ4n) is 3.33. The van der Waals surface area contributed by atoms with Crippen molar-refractivity contribution < 1.29 is 9.21 Å². The molecule has 3 aromatic rings. The summed E-state index contributed by atoms with van der Waals surface area (Å²) in [5, 5.41) is 12.5. The standard InChI is InChI=1S/C20H22N4O2/c25-20(10-9-16-14-15-6-3-4-7-17(15)26-16)21-12-11-19-23-22-18-8-2-1-5-13-24(18)19/h3-4,6-7,9-10,14H,1-2,5,8,11-13H2,(H,21,25)/b10-9+. The predicted octanol–water partition coefficient (Wildman–Crippen LogP) is 3.12. The van der Waals surface area contributed by atoms with E-state index in [9.17, 15) is 4.79 Å². The molecule has 0 spiro atoms. The fourth-order valence-corrected chi connectivity index (χ4v) is 3.33. The number of hydrogen-bond donors (Lipinski definition) is 1. The SMILES string of the molecule is O=C(/C=C/c1cc2ccccc2o1)NCCc1nnc2n1CCCCC2. The van der Waals surface area contributed by atoms with Crippen molar-refractivity contribution in [1.82, 2.24) is 20.1 Å². The first-order valence-corrected chi connectivity index (χ1v) is 9.15. The van der Waals surface area contributed by atoms with Gasteiger partial charge in [0.15, 0.2) is 0 Å². The molecule has 3 heterocycles. The molecule has 1 aromatic carbocycles. The normalized spacial score (nSPS) is 14.5. The maximum Gasteiger partial charge on any atom is 0.244 e. The van der Waals surface area contributed by atoms with E-state index in [0.29, 0.717) is 18.7 Å². The molecule has 1 aliphatic rings. The van der Waals surface area contributed by atoms with Crippen LogP contribution in [-0.2, 0) is 24.2 Å². The second-order valence-electron chi connectivity index (χ2n) is 6.56. The third-order valence-electron chi connectivity index (χ3n) is 4.68. The number of carbonyl (C=O) groups is 1. The van der Waals surface area contributed by atoms with E-state index in [4.69, 9.17) is 4.42 Å². The molecule has 4 rings (SSSR count). The van der Waals surface area contributed by atoms with Gasteiger partial charge in [0.2, 0.25) is 5.91 Å². The van der Waals surface area contributed by atoms with Gasteiger partial charge < -0.3 is 14.3 Å². The van der Waals surface area contributed by atoms with Crippen LogP contribution in [0.1, 0.15) is 36.7 Å². The van der Waals surface area contributed by atoms with Crippen molar-refractivity contribution in [2.75, 3.05) is 6.54 Å². The summed E-state index contributed by atoms with van der Waals surface area (Å²) in [6.45, 7) is 1.53. The van der Waals surface area contributed by atoms with Crippen LogP contribution < -0.4 is 5.32 Å². The molecule has 134 valence electrons. The summed E-state index contributed by atoms with van der Waals surface area (Å²) in [4.78, 5) is 12.0. The van der Waals surface area contributed by atoms with Gasteiger partial charge in [-0.25, -0.2) is 0 Å². The van der Waals surface area contributed by atoms with Crippen LogP contribution in [0, 0.1) is 0 Å². The Bertz CT molecular complexity index is 905. The summed E-state index contributed by atoms with van der Waals surface area (Å²) in [5.74, 6) is 2.57. The summed E-state index contributed by atoms with van der Waals surface area (Å²) in [5.41, 5.74) is 0.819. The number of amides is 1. The number of nitrogens with zero attached hydrogens (tertiary/aromatic N) is 3. The number of aromatic nitrogens is 3. The van der Waals surface area contributed by atoms with Gasteiger partial charge in [-0.3, -0.25) is 4.79 Å². The number of hydrogen-bond acceptors (Lipinski definition) is 4. The molecule has 0 bridgehead atoms. The van der Waals surface area contributed by atoms with Gasteiger partial charge in [0.25, 0.3) is 0 Å². The summed E-state index contributed by atoms with van der Waals surface area (Å²) in [6.07, 6.45) is 8.48. The highest BCUT2D eigenvalue weighted by atomic mass is 16.3. The highest BCUT2D eigenvalue weighted by Crippen LogP contribution is 2.19. The number of rotatable bonds is 5. The maximum atomic E-state index is 12.0. The summed E-state index contributed by atoms with van der Waals surface area (Å²) in [6, 6.07) is 9.71. The highest BCUT2D eigenvalue weighted by molar-refractivity contribution is 5.92. The van der Waals surface area contributed by atoms with E-state index in [2.05, 4.69) is 20.1 Å². The fraction of sp³-hybridized carbons (Fsp3) is 0.350. The van der Waals surface area contributed by atoms with E-state index >= 15 is 0 Å². The van der Waals surface area contributed by atoms with Crippen LogP contribution in [0.4, 0.5) is 0 Å². The Morgan fingerprint density at radius 2 is 2.15 bits per heavy atom. The molecule has 2 aromatic heterocycles. The Kier molecular flexibility index (Phi) is 4.82. The number of para-hydroxylation sites is 1. The first-order valence-electron chi connectivity index (χ1n) is 9.15. The van der Waals surface area contributed by atoms with Gasteiger partial charge in [0, 0.05) is 37.4 Å². The quantitative estimate of drug-likeness (QED) is 0.718. The third-order valence-corrected chi connectivity index (χ3v) is 4.68. The number of furan rings is 1. The van der Waals surface area contributed by atoms with Crippen molar-refractivity contribution in [3.8, 4) is 0 Å². The molecule has 0 saturated heterocycles. The van der Waals surface area contributed by atoms with E-state index in [-0.39, 0.29) is 5.91 Å². The molecule has 0 radical (unpaired) electrons. The lowest BCUT2D eigenvalue weighted by molar-refractivity contribution is -0.116. The van der Waals surface area contributed by atoms with Crippen molar-refractivity contribution in [1.29, 1.82) is 0 Å². The molecule has 0 fully saturated rings. The molecular formula is C20H22N4O2. The van der Waals surface area contributed by atoms with E-state index in [0.717, 1.165) is 35.6 Å². The van der Waals surface area contributed by atoms with Gasteiger partial charge in [-0.15, -0.1) is 10.2 Å². The molecule has 6 heteroatoms. The smallest absolute Gasteiger partial charge is 0.244 e. The first kappa shape index (κ1) is 16.6. The Labute approximate surface area is 151 Å². The van der Waals surface area contributed by atoms with E-state index in [1.54, 1.807) is 6.08 Å². The topological polar surface area (TPSA) is 73.0 Å². The van der Waals surface area contributed by atoms with E-state index < -0.39 is 0 Å². The van der Waals surface area contributed by atoms with Crippen molar-refractivity contribution in [2.24, 2.45) is 0 Å². The van der Waals surface area contributed by atoms with Crippen LogP contribution in [0.5, 0.6) is 0 Å². The van der Waals surface area contributed by atoms with Crippen molar-refractivity contribution in [3.05, 3.63) is 53.8 Å². The molecule has 1 amide bonds. The van der Waals surface area contributed by atoms with Gasteiger partial charge >= 0.3 is 0 Å². The molecule has 0 saturated carbocycles. The minimum atomic E-state index is -0.138. The molecule has 1 aliphatic heterocycles. The zero-order valence-corrected chi connectivity index (χ0v) is 14.6. The van der Waals surface area contributed by atoms with Crippen LogP contribution in [-0.4, -0.2) is 27.2 Å². The van der Waals surface area contributed by atoms with Crippen LogP contribution in [0.3, 0.4) is 0 Å². The molecule has 0 atom stereocenters. The van der Waals surface area contributed by atoms with Crippen LogP contribution in [0.2, 0.25) is 0 Å². The first-order chi connectivity index (χ1) is 12.8. The molecule has 0 aliphatic carbocycles. The molecule has 6 nitrogen and oxygen atoms in total. The van der Waals surface area contributed by atoms with Crippen molar-refractivity contribution >= 4 is 23.0 Å². The zero-order chi connectivity index (χ0) is 17.8. The minimum absolute atomic E-state index is 0.138. The number of carbonyl (C=O) groups excluding carboxylic acids is 1. The lowest BCUT2D eigenvalue weighted by Gasteiger charge is -2.07. The van der Waals surface area contributed by atoms with Crippen molar-refractivity contribution in [2.45, 2.75) is 38.6 Å². The van der Waals surface area contributed by atoms with E-state index in [1.807, 2.05) is 30.3 Å². The molecule has 0 unspecified atom stereocenters. The van der Waals surface area contributed by atoms with Gasteiger partial charge in [-0.2, -0.15) is 0 Å². The summed E-state index contributed by atoms with van der Waals surface area (Å²) < 4.78 is 7.88. The second-order valence-corrected chi connectivity index (χ2v) is 6.56. The highest BCUT2D eigenvalue weighted by Gasteiger charge is 2.14. The number of aryl methyl sites for hydroxylation is 1. The third kappa shape index (κ3) is 3.69. The lowest BCUT2D eigenvalue weighted by atomic mass is 10.2. The number of fused-ring (bicyclic) bond motifs is 2. The van der Waals surface area contributed by atoms with E-state index in [1.165, 1.54) is 25.3 Å². The largest absolute Gasteiger partial charge is 0.457 e. The van der Waals surface area contributed by atoms with Crippen LogP contribution >= 0.6 is 0 Å². The molecule has 1 N–H and O–H groups in total. The number of nitrogens with one attached hydrogen (secondary N) is 1. The van der Waals surface area contributed by atoms with Gasteiger partial charge in [0.05, 0.1) is 0 Å². The Hall–Kier alpha value is -2.89. The lowest BCUT2D eigenvalue weighted by Crippen LogP contribution is -2.24. The monoisotopic (exact) mass is 350 g/mol. The van der Waals surface area contributed by atoms with Crippen LogP contribution in [0.15, 0.2) is 40.8 Å². The summed E-state index contributed by atoms with van der Waals surface area (Å²) >= 11 is 0. The number of benzene rings is 1. The Balaban J connectivity index is 1.31. The molecule has 26 heavy (non-hydrogen) atoms. The Morgan fingerprint density at radius 3 is 3.08 bits per heavy atom.